The van der Waals surface area contributed by atoms with Gasteiger partial charge in [0, 0.05) is 6.20 Å². The molecule has 0 unspecified atom stereocenters. The quantitative estimate of drug-likeness (QED) is 0.730. The van der Waals surface area contributed by atoms with Crippen LogP contribution in [0.5, 0.6) is 0 Å². The molecule has 1 aliphatic carbocycles. The summed E-state index contributed by atoms with van der Waals surface area (Å²) in [6, 6.07) is 0.659. The number of nitrogens with zero attached hydrogens (tertiary/aromatic N) is 2. The summed E-state index contributed by atoms with van der Waals surface area (Å²) in [6.07, 6.45) is 8.33. The van der Waals surface area contributed by atoms with Crippen molar-refractivity contribution >= 4 is 5.57 Å². The number of aromatic nitrogens is 2. The second kappa shape index (κ2) is 4.21. The molecule has 0 spiro atoms. The predicted molar refractivity (Wildman–Crippen MR) is 63.8 cm³/mol. The zero-order valence-corrected chi connectivity index (χ0v) is 9.79. The molecule has 2 nitrogen and oxygen atoms in total. The van der Waals surface area contributed by atoms with Gasteiger partial charge in [0.1, 0.15) is 0 Å². The largest absolute Gasteiger partial charge is 0.269 e. The van der Waals surface area contributed by atoms with Crippen LogP contribution in [0.3, 0.4) is 0 Å². The molecule has 0 radical (unpaired) electrons. The third-order valence-corrected chi connectivity index (χ3v) is 3.25. The smallest absolute Gasteiger partial charge is 0.0906 e. The van der Waals surface area contributed by atoms with Crippen LogP contribution in [0.2, 0.25) is 0 Å². The summed E-state index contributed by atoms with van der Waals surface area (Å²) in [4.78, 5) is 0. The molecular formula is C13H20N2. The van der Waals surface area contributed by atoms with Gasteiger partial charge in [0.2, 0.25) is 0 Å². The van der Waals surface area contributed by atoms with Crippen molar-refractivity contribution in [1.29, 1.82) is 0 Å². The number of allylic oxidation sites excluding steroid dienone is 1. The lowest BCUT2D eigenvalue weighted by atomic mass is 9.93. The Morgan fingerprint density at radius 3 is 2.87 bits per heavy atom. The molecule has 1 heterocycles. The summed E-state index contributed by atoms with van der Waals surface area (Å²) in [6.45, 7) is 8.44. The van der Waals surface area contributed by atoms with Gasteiger partial charge in [-0.15, -0.1) is 0 Å². The summed E-state index contributed by atoms with van der Waals surface area (Å²) in [5.74, 6) is 0. The summed E-state index contributed by atoms with van der Waals surface area (Å²) in [5, 5.41) is 4.67. The van der Waals surface area contributed by atoms with Crippen LogP contribution in [0.1, 0.15) is 56.3 Å². The van der Waals surface area contributed by atoms with Crippen LogP contribution >= 0.6 is 0 Å². The highest BCUT2D eigenvalue weighted by atomic mass is 15.3. The highest BCUT2D eigenvalue weighted by Crippen LogP contribution is 2.32. The van der Waals surface area contributed by atoms with Crippen molar-refractivity contribution in [2.45, 2.75) is 52.0 Å². The van der Waals surface area contributed by atoms with Gasteiger partial charge in [-0.3, -0.25) is 4.68 Å². The third-order valence-electron chi connectivity index (χ3n) is 3.25. The van der Waals surface area contributed by atoms with Gasteiger partial charge in [-0.05, 0) is 43.7 Å². The molecule has 2 rings (SSSR count). The van der Waals surface area contributed by atoms with Gasteiger partial charge in [0.05, 0.1) is 11.7 Å². The monoisotopic (exact) mass is 204 g/mol. The Balaban J connectivity index is 2.17. The maximum Gasteiger partial charge on any atom is 0.0906 e. The highest BCUT2D eigenvalue weighted by molar-refractivity contribution is 5.62. The Morgan fingerprint density at radius 1 is 1.60 bits per heavy atom. The SMILES string of the molecule is C=C(CCC)c1nn(C2CCC2)cc1C. The zero-order valence-electron chi connectivity index (χ0n) is 9.79. The summed E-state index contributed by atoms with van der Waals surface area (Å²) in [7, 11) is 0. The Bertz CT molecular complexity index is 359. The molecule has 0 aliphatic heterocycles. The van der Waals surface area contributed by atoms with E-state index in [1.54, 1.807) is 0 Å². The normalized spacial score (nSPS) is 16.4. The highest BCUT2D eigenvalue weighted by Gasteiger charge is 2.21. The van der Waals surface area contributed by atoms with Crippen LogP contribution in [0.25, 0.3) is 5.57 Å². The van der Waals surface area contributed by atoms with Crippen molar-refractivity contribution < 1.29 is 0 Å². The Kier molecular flexibility index (Phi) is 2.94. The van der Waals surface area contributed by atoms with Gasteiger partial charge in [-0.1, -0.05) is 19.9 Å². The summed E-state index contributed by atoms with van der Waals surface area (Å²) >= 11 is 0. The van der Waals surface area contributed by atoms with E-state index in [1.807, 2.05) is 0 Å². The first-order chi connectivity index (χ1) is 7.22. The van der Waals surface area contributed by atoms with Crippen molar-refractivity contribution in [1.82, 2.24) is 9.78 Å². The van der Waals surface area contributed by atoms with Crippen molar-refractivity contribution in [3.05, 3.63) is 24.0 Å². The van der Waals surface area contributed by atoms with Crippen molar-refractivity contribution in [3.63, 3.8) is 0 Å². The maximum atomic E-state index is 4.67. The van der Waals surface area contributed by atoms with Crippen LogP contribution < -0.4 is 0 Å². The Morgan fingerprint density at radius 2 is 2.33 bits per heavy atom. The molecule has 1 aromatic rings. The van der Waals surface area contributed by atoms with Crippen LogP contribution in [0.15, 0.2) is 12.8 Å². The fourth-order valence-corrected chi connectivity index (χ4v) is 2.09. The van der Waals surface area contributed by atoms with Crippen LogP contribution in [-0.2, 0) is 0 Å². The van der Waals surface area contributed by atoms with E-state index in [-0.39, 0.29) is 0 Å². The number of hydrogen-bond acceptors (Lipinski definition) is 1. The van der Waals surface area contributed by atoms with Gasteiger partial charge >= 0.3 is 0 Å². The molecule has 0 saturated heterocycles. The second-order valence-electron chi connectivity index (χ2n) is 4.58. The lowest BCUT2D eigenvalue weighted by Crippen LogP contribution is -2.17. The first-order valence-electron chi connectivity index (χ1n) is 5.96. The fraction of sp³-hybridized carbons (Fsp3) is 0.615. The Labute approximate surface area is 92.0 Å². The third kappa shape index (κ3) is 1.99. The fourth-order valence-electron chi connectivity index (χ4n) is 2.09. The molecule has 1 fully saturated rings. The van der Waals surface area contributed by atoms with Crippen molar-refractivity contribution in [2.24, 2.45) is 0 Å². The number of hydrogen-bond donors (Lipinski definition) is 0. The maximum absolute atomic E-state index is 4.67. The van der Waals surface area contributed by atoms with Crippen molar-refractivity contribution in [3.8, 4) is 0 Å². The van der Waals surface area contributed by atoms with E-state index in [9.17, 15) is 0 Å². The average molecular weight is 204 g/mol. The molecule has 2 heteroatoms. The summed E-state index contributed by atoms with van der Waals surface area (Å²) < 4.78 is 2.15. The van der Waals surface area contributed by atoms with Gasteiger partial charge in [-0.25, -0.2) is 0 Å². The van der Waals surface area contributed by atoms with Crippen LogP contribution in [0, 0.1) is 6.92 Å². The van der Waals surface area contributed by atoms with E-state index in [1.165, 1.54) is 30.4 Å². The minimum Gasteiger partial charge on any atom is -0.269 e. The average Bonchev–Trinajstić information content (AvgIpc) is 2.44. The van der Waals surface area contributed by atoms with Crippen LogP contribution in [0.4, 0.5) is 0 Å². The van der Waals surface area contributed by atoms with Gasteiger partial charge in [-0.2, -0.15) is 5.10 Å². The van der Waals surface area contributed by atoms with E-state index < -0.39 is 0 Å². The molecule has 0 N–H and O–H groups in total. The molecule has 82 valence electrons. The van der Waals surface area contributed by atoms with Gasteiger partial charge < -0.3 is 0 Å². The lowest BCUT2D eigenvalue weighted by molar-refractivity contribution is 0.289. The standard InChI is InChI=1S/C13H20N2/c1-4-6-10(2)13-11(3)9-15(14-13)12-7-5-8-12/h9,12H,2,4-8H2,1,3H3. The van der Waals surface area contributed by atoms with Gasteiger partial charge in [0.25, 0.3) is 0 Å². The Hall–Kier alpha value is -1.05. The predicted octanol–water partition coefficient (Wildman–Crippen LogP) is 3.73. The molecule has 15 heavy (non-hydrogen) atoms. The molecule has 0 bridgehead atoms. The topological polar surface area (TPSA) is 17.8 Å². The molecule has 0 atom stereocenters. The zero-order chi connectivity index (χ0) is 10.8. The van der Waals surface area contributed by atoms with Crippen LogP contribution in [-0.4, -0.2) is 9.78 Å². The van der Waals surface area contributed by atoms with E-state index >= 15 is 0 Å². The van der Waals surface area contributed by atoms with Gasteiger partial charge in [0.15, 0.2) is 0 Å². The molecule has 1 saturated carbocycles. The lowest BCUT2D eigenvalue weighted by Gasteiger charge is -2.25. The minimum atomic E-state index is 0.659. The molecule has 1 aliphatic rings. The van der Waals surface area contributed by atoms with Crippen molar-refractivity contribution in [2.75, 3.05) is 0 Å². The number of rotatable bonds is 4. The van der Waals surface area contributed by atoms with E-state index in [0.29, 0.717) is 6.04 Å². The first kappa shape index (κ1) is 10.5. The first-order valence-corrected chi connectivity index (χ1v) is 5.96. The van der Waals surface area contributed by atoms with E-state index in [4.69, 9.17) is 0 Å². The van der Waals surface area contributed by atoms with E-state index in [2.05, 4.69) is 36.4 Å². The number of aryl methyl sites for hydroxylation is 1. The molecular weight excluding hydrogens is 184 g/mol. The molecule has 0 amide bonds. The summed E-state index contributed by atoms with van der Waals surface area (Å²) in [5.41, 5.74) is 3.59. The van der Waals surface area contributed by atoms with E-state index in [0.717, 1.165) is 18.5 Å². The molecule has 0 aromatic carbocycles. The second-order valence-corrected chi connectivity index (χ2v) is 4.58. The minimum absolute atomic E-state index is 0.659. The molecule has 1 aromatic heterocycles.